The highest BCUT2D eigenvalue weighted by Gasteiger charge is 2.47. The molecule has 8 atom stereocenters. The molecule has 0 aromatic carbocycles. The van der Waals surface area contributed by atoms with Gasteiger partial charge in [-0.25, -0.2) is 0 Å². The first kappa shape index (κ1) is 76.1. The number of amides is 1. The molecule has 1 aliphatic rings. The second-order valence-corrected chi connectivity index (χ2v) is 23.2. The van der Waals surface area contributed by atoms with Crippen LogP contribution in [0.15, 0.2) is 72.9 Å². The van der Waals surface area contributed by atoms with E-state index in [9.17, 15) is 35.1 Å². The molecule has 0 aromatic heterocycles. The first-order valence-electron chi connectivity index (χ1n) is 33.7. The fraction of sp³-hybridized carbons (Fsp3) is 0.800. The number of ether oxygens (including phenoxy) is 3. The van der Waals surface area contributed by atoms with Crippen LogP contribution in [-0.2, 0) is 23.8 Å². The maximum Gasteiger partial charge on any atom is 0.306 e. The van der Waals surface area contributed by atoms with Crippen LogP contribution in [0.1, 0.15) is 297 Å². The van der Waals surface area contributed by atoms with E-state index in [2.05, 4.69) is 86.8 Å². The summed E-state index contributed by atoms with van der Waals surface area (Å²) in [5.41, 5.74) is 0. The fourth-order valence-electron chi connectivity index (χ4n) is 10.3. The minimum Gasteiger partial charge on any atom is -0.454 e. The maximum atomic E-state index is 13.5. The summed E-state index contributed by atoms with van der Waals surface area (Å²) in [4.78, 5) is 26.6. The van der Waals surface area contributed by atoms with E-state index in [0.29, 0.717) is 12.8 Å². The van der Waals surface area contributed by atoms with Crippen LogP contribution in [0.5, 0.6) is 0 Å². The second-order valence-electron chi connectivity index (χ2n) is 23.2. The predicted octanol–water partition coefficient (Wildman–Crippen LogP) is 16.7. The molecule has 1 aliphatic heterocycles. The molecule has 11 heteroatoms. The number of hydrogen-bond acceptors (Lipinski definition) is 10. The average molecular weight is 1140 g/mol. The lowest BCUT2D eigenvalue weighted by atomic mass is 9.99. The van der Waals surface area contributed by atoms with Gasteiger partial charge in [0.1, 0.15) is 24.4 Å². The number of nitrogens with one attached hydrogen (secondary N) is 1. The van der Waals surface area contributed by atoms with Crippen LogP contribution in [-0.4, -0.2) is 99.6 Å². The van der Waals surface area contributed by atoms with Gasteiger partial charge in [-0.1, -0.05) is 293 Å². The zero-order valence-electron chi connectivity index (χ0n) is 52.1. The zero-order chi connectivity index (χ0) is 58.9. The van der Waals surface area contributed by atoms with Gasteiger partial charge in [-0.3, -0.25) is 9.59 Å². The summed E-state index contributed by atoms with van der Waals surface area (Å²) >= 11 is 0. The standard InChI is InChI=1S/C70H125NO10/c1-4-7-10-13-16-19-22-25-27-28-29-30-31-32-33-34-35-36-37-38-39-42-45-48-51-54-57-63(74)69(78)71-61(62(73)56-53-50-47-44-41-24-21-18-15-12-9-6-3)60-79-70-68(67(77)66(76)64(59-72)80-70)81-65(75)58-55-52-49-46-43-40-26-23-20-17-14-11-8-5-2/h7,10,16,19,25,27,29-30,32-33,53,56,61-64,66-68,70,72-74,76-77H,4-6,8-9,11-15,17-18,20-24,26,28,31,34-52,54-55,57-60H2,1-3H3,(H,71,78)/b10-7-,19-16-,27-25-,30-29-,33-32-,56-53+. The lowest BCUT2D eigenvalue weighted by Crippen LogP contribution is -2.61. The van der Waals surface area contributed by atoms with E-state index in [4.69, 9.17) is 14.2 Å². The molecule has 1 rings (SSSR count). The quantitative estimate of drug-likeness (QED) is 0.0195. The van der Waals surface area contributed by atoms with Crippen LogP contribution in [0, 0.1) is 0 Å². The Hall–Kier alpha value is -2.90. The van der Waals surface area contributed by atoms with Crippen molar-refractivity contribution < 1.29 is 49.3 Å². The SMILES string of the molecule is CC/C=C\C/C=C\C/C=C\C/C=C\C/C=C\CCCCCCCCCCCCC(O)C(=O)NC(COC1OC(CO)C(O)C(O)C1OC(=O)CCCCCCCCCCCCCCCC)C(O)/C=C/CCCCCCCCCCCC. The van der Waals surface area contributed by atoms with Crippen molar-refractivity contribution in [3.05, 3.63) is 72.9 Å². The minimum absolute atomic E-state index is 0.126. The molecule has 6 N–H and O–H groups in total. The van der Waals surface area contributed by atoms with Gasteiger partial charge in [-0.2, -0.15) is 0 Å². The van der Waals surface area contributed by atoms with Crippen LogP contribution in [0.4, 0.5) is 0 Å². The first-order chi connectivity index (χ1) is 39.7. The van der Waals surface area contributed by atoms with Crippen molar-refractivity contribution in [1.29, 1.82) is 0 Å². The number of carbonyl (C=O) groups excluding carboxylic acids is 2. The van der Waals surface area contributed by atoms with Gasteiger partial charge in [0.15, 0.2) is 12.4 Å². The zero-order valence-corrected chi connectivity index (χ0v) is 52.1. The van der Waals surface area contributed by atoms with E-state index in [1.165, 1.54) is 154 Å². The van der Waals surface area contributed by atoms with Crippen LogP contribution >= 0.6 is 0 Å². The molecule has 470 valence electrons. The second kappa shape index (κ2) is 57.5. The number of unbranched alkanes of at least 4 members (excludes halogenated alkanes) is 33. The van der Waals surface area contributed by atoms with E-state index >= 15 is 0 Å². The monoisotopic (exact) mass is 1140 g/mol. The number of carbonyl (C=O) groups is 2. The average Bonchev–Trinajstić information content (AvgIpc) is 3.48. The van der Waals surface area contributed by atoms with Gasteiger partial charge in [-0.15, -0.1) is 0 Å². The minimum atomic E-state index is -1.61. The third-order valence-corrected chi connectivity index (χ3v) is 15.6. The summed E-state index contributed by atoms with van der Waals surface area (Å²) in [6.45, 7) is 5.69. The van der Waals surface area contributed by atoms with Crippen LogP contribution in [0.2, 0.25) is 0 Å². The summed E-state index contributed by atoms with van der Waals surface area (Å²) in [6.07, 6.45) is 63.7. The number of aliphatic hydroxyl groups is 5. The lowest BCUT2D eigenvalue weighted by molar-refractivity contribution is -0.305. The van der Waals surface area contributed by atoms with Crippen molar-refractivity contribution in [2.24, 2.45) is 0 Å². The third-order valence-electron chi connectivity index (χ3n) is 15.6. The van der Waals surface area contributed by atoms with Gasteiger partial charge in [0.2, 0.25) is 5.91 Å². The molecule has 11 nitrogen and oxygen atoms in total. The van der Waals surface area contributed by atoms with Gasteiger partial charge < -0.3 is 45.1 Å². The number of rotatable bonds is 57. The molecule has 0 radical (unpaired) electrons. The molecule has 1 fully saturated rings. The molecule has 0 aliphatic carbocycles. The van der Waals surface area contributed by atoms with Crippen molar-refractivity contribution in [1.82, 2.24) is 5.32 Å². The van der Waals surface area contributed by atoms with Gasteiger partial charge in [0, 0.05) is 6.42 Å². The van der Waals surface area contributed by atoms with E-state index in [-0.39, 0.29) is 19.4 Å². The highest BCUT2D eigenvalue weighted by Crippen LogP contribution is 2.26. The Morgan fingerprint density at radius 1 is 0.494 bits per heavy atom. The molecule has 0 saturated carbocycles. The highest BCUT2D eigenvalue weighted by molar-refractivity contribution is 5.80. The topological polar surface area (TPSA) is 175 Å². The molecule has 8 unspecified atom stereocenters. The molecular weight excluding hydrogens is 1010 g/mol. The van der Waals surface area contributed by atoms with Crippen molar-refractivity contribution in [3.8, 4) is 0 Å². The van der Waals surface area contributed by atoms with Crippen LogP contribution in [0.3, 0.4) is 0 Å². The van der Waals surface area contributed by atoms with Crippen LogP contribution in [0.25, 0.3) is 0 Å². The molecule has 0 bridgehead atoms. The van der Waals surface area contributed by atoms with Crippen molar-refractivity contribution in [2.75, 3.05) is 13.2 Å². The van der Waals surface area contributed by atoms with E-state index in [1.807, 2.05) is 6.08 Å². The summed E-state index contributed by atoms with van der Waals surface area (Å²) < 4.78 is 17.6. The van der Waals surface area contributed by atoms with Crippen LogP contribution < -0.4 is 5.32 Å². The lowest BCUT2D eigenvalue weighted by Gasteiger charge is -2.41. The summed E-state index contributed by atoms with van der Waals surface area (Å²) in [5, 5.41) is 57.1. The molecule has 1 saturated heterocycles. The Balaban J connectivity index is 2.59. The normalized spacial score (nSPS) is 19.1. The number of esters is 1. The maximum absolute atomic E-state index is 13.5. The Morgan fingerprint density at radius 2 is 0.889 bits per heavy atom. The van der Waals surface area contributed by atoms with Gasteiger partial charge in [0.25, 0.3) is 0 Å². The Labute approximate surface area is 496 Å². The smallest absolute Gasteiger partial charge is 0.306 e. The van der Waals surface area contributed by atoms with E-state index < -0.39 is 67.4 Å². The molecule has 1 heterocycles. The summed E-state index contributed by atoms with van der Waals surface area (Å²) in [6, 6.07) is -1.03. The molecule has 0 aromatic rings. The largest absolute Gasteiger partial charge is 0.454 e. The van der Waals surface area contributed by atoms with Crippen molar-refractivity contribution in [3.63, 3.8) is 0 Å². The Bertz CT molecular complexity index is 1590. The Morgan fingerprint density at radius 3 is 1.33 bits per heavy atom. The van der Waals surface area contributed by atoms with Crippen molar-refractivity contribution >= 4 is 11.9 Å². The van der Waals surface area contributed by atoms with Crippen molar-refractivity contribution in [2.45, 2.75) is 346 Å². The number of allylic oxidation sites excluding steroid dienone is 11. The fourth-order valence-corrected chi connectivity index (χ4v) is 10.3. The van der Waals surface area contributed by atoms with Gasteiger partial charge >= 0.3 is 5.97 Å². The predicted molar refractivity (Wildman–Crippen MR) is 338 cm³/mol. The molecule has 1 amide bonds. The first-order valence-corrected chi connectivity index (χ1v) is 33.7. The van der Waals surface area contributed by atoms with E-state index in [0.717, 1.165) is 96.3 Å². The molecule has 0 spiro atoms. The summed E-state index contributed by atoms with van der Waals surface area (Å²) in [5.74, 6) is -1.19. The van der Waals surface area contributed by atoms with Gasteiger partial charge in [-0.05, 0) is 70.6 Å². The number of hydrogen-bond donors (Lipinski definition) is 6. The highest BCUT2D eigenvalue weighted by atomic mass is 16.7. The Kier molecular flexibility index (Phi) is 54.1. The summed E-state index contributed by atoms with van der Waals surface area (Å²) in [7, 11) is 0. The van der Waals surface area contributed by atoms with Gasteiger partial charge in [0.05, 0.1) is 25.4 Å². The third kappa shape index (κ3) is 45.2. The molecular formula is C70H125NO10. The van der Waals surface area contributed by atoms with E-state index in [1.54, 1.807) is 6.08 Å². The number of aliphatic hydroxyl groups excluding tert-OH is 5. The molecule has 81 heavy (non-hydrogen) atoms.